The van der Waals surface area contributed by atoms with Gasteiger partial charge in [-0.15, -0.1) is 0 Å². The number of aromatic nitrogens is 2. The van der Waals surface area contributed by atoms with Gasteiger partial charge in [-0.3, -0.25) is 9.89 Å². The first-order valence-electron chi connectivity index (χ1n) is 9.22. The highest BCUT2D eigenvalue weighted by Crippen LogP contribution is 2.24. The number of carbonyl (C=O) groups is 1. The van der Waals surface area contributed by atoms with Gasteiger partial charge in [0.2, 0.25) is 0 Å². The van der Waals surface area contributed by atoms with Crippen LogP contribution < -0.4 is 10.2 Å². The van der Waals surface area contributed by atoms with Gasteiger partial charge in [0.15, 0.2) is 5.82 Å². The van der Waals surface area contributed by atoms with Crippen LogP contribution in [0.3, 0.4) is 0 Å². The fourth-order valence-electron chi connectivity index (χ4n) is 3.45. The summed E-state index contributed by atoms with van der Waals surface area (Å²) in [6.45, 7) is 1.55. The maximum Gasteiger partial charge on any atom is 0.251 e. The molecular weight excluding hydrogens is 379 g/mol. The van der Waals surface area contributed by atoms with Crippen molar-refractivity contribution in [3.05, 3.63) is 71.0 Å². The summed E-state index contributed by atoms with van der Waals surface area (Å²) in [5.41, 5.74) is 2.40. The number of hydrogen-bond acceptors (Lipinski definition) is 3. The highest BCUT2D eigenvalue weighted by Gasteiger charge is 2.24. The summed E-state index contributed by atoms with van der Waals surface area (Å²) in [6, 6.07) is 16.0. The predicted octanol–water partition coefficient (Wildman–Crippen LogP) is 4.27. The van der Waals surface area contributed by atoms with E-state index in [-0.39, 0.29) is 17.0 Å². The van der Waals surface area contributed by atoms with Gasteiger partial charge in [0.05, 0.1) is 10.7 Å². The quantitative estimate of drug-likeness (QED) is 0.690. The van der Waals surface area contributed by atoms with E-state index < -0.39 is 5.82 Å². The zero-order valence-corrected chi connectivity index (χ0v) is 15.9. The van der Waals surface area contributed by atoms with Gasteiger partial charge in [-0.05, 0) is 36.6 Å². The fraction of sp³-hybridized carbons (Fsp3) is 0.238. The normalized spacial score (nSPS) is 16.8. The monoisotopic (exact) mass is 398 g/mol. The van der Waals surface area contributed by atoms with Crippen molar-refractivity contribution in [3.8, 4) is 11.3 Å². The summed E-state index contributed by atoms with van der Waals surface area (Å²) >= 11 is 5.78. The van der Waals surface area contributed by atoms with Crippen LogP contribution in [0.15, 0.2) is 54.6 Å². The van der Waals surface area contributed by atoms with Gasteiger partial charge in [-0.2, -0.15) is 5.10 Å². The van der Waals surface area contributed by atoms with Gasteiger partial charge in [-0.1, -0.05) is 41.9 Å². The molecule has 3 aromatic rings. The van der Waals surface area contributed by atoms with E-state index >= 15 is 0 Å². The molecule has 1 aliphatic rings. The summed E-state index contributed by atoms with van der Waals surface area (Å²) in [4.78, 5) is 14.6. The van der Waals surface area contributed by atoms with Gasteiger partial charge in [0.25, 0.3) is 5.91 Å². The molecule has 1 saturated heterocycles. The Kier molecular flexibility index (Phi) is 5.30. The molecule has 28 heavy (non-hydrogen) atoms. The molecule has 2 heterocycles. The van der Waals surface area contributed by atoms with Crippen LogP contribution in [0.25, 0.3) is 11.3 Å². The Balaban J connectivity index is 1.42. The summed E-state index contributed by atoms with van der Waals surface area (Å²) in [6.07, 6.45) is 1.83. The minimum Gasteiger partial charge on any atom is -0.353 e. The number of halogens is 2. The van der Waals surface area contributed by atoms with Crippen LogP contribution >= 0.6 is 11.6 Å². The van der Waals surface area contributed by atoms with E-state index in [4.69, 9.17) is 11.6 Å². The van der Waals surface area contributed by atoms with Crippen molar-refractivity contribution < 1.29 is 9.18 Å². The number of amides is 1. The lowest BCUT2D eigenvalue weighted by atomic mass is 10.0. The number of carbonyl (C=O) groups excluding carboxylic acids is 1. The van der Waals surface area contributed by atoms with E-state index in [1.807, 2.05) is 36.4 Å². The van der Waals surface area contributed by atoms with Gasteiger partial charge in [0, 0.05) is 30.8 Å². The molecule has 7 heteroatoms. The van der Waals surface area contributed by atoms with Gasteiger partial charge >= 0.3 is 0 Å². The minimum absolute atomic E-state index is 0.0121. The van der Waals surface area contributed by atoms with Crippen molar-refractivity contribution in [2.45, 2.75) is 18.9 Å². The first-order chi connectivity index (χ1) is 13.6. The molecule has 1 unspecified atom stereocenters. The molecule has 1 amide bonds. The Hall–Kier alpha value is -2.86. The Morgan fingerprint density at radius 3 is 2.82 bits per heavy atom. The van der Waals surface area contributed by atoms with Crippen LogP contribution in [0.1, 0.15) is 23.2 Å². The molecule has 1 atom stereocenters. The molecule has 144 valence electrons. The number of hydrogen-bond donors (Lipinski definition) is 2. The van der Waals surface area contributed by atoms with E-state index in [9.17, 15) is 9.18 Å². The number of nitrogens with one attached hydrogen (secondary N) is 2. The van der Waals surface area contributed by atoms with Crippen LogP contribution in [0, 0.1) is 5.82 Å². The van der Waals surface area contributed by atoms with E-state index in [0.717, 1.165) is 36.5 Å². The molecule has 1 aromatic heterocycles. The maximum atomic E-state index is 13.3. The molecule has 0 spiro atoms. The number of nitrogens with zero attached hydrogens (tertiary/aromatic N) is 2. The number of anilines is 1. The topological polar surface area (TPSA) is 61.0 Å². The molecule has 0 aliphatic carbocycles. The molecule has 1 aliphatic heterocycles. The number of benzene rings is 2. The molecule has 0 radical (unpaired) electrons. The SMILES string of the molecule is O=C(NC1CCCN(c2cc(-c3ccccc3)[nH]n2)C1)c1ccc(F)c(Cl)c1. The molecular formula is C21H20ClFN4O. The van der Waals surface area contributed by atoms with Crippen molar-refractivity contribution >= 4 is 23.3 Å². The van der Waals surface area contributed by atoms with Crippen LogP contribution in [-0.4, -0.2) is 35.2 Å². The first-order valence-corrected chi connectivity index (χ1v) is 9.59. The van der Waals surface area contributed by atoms with Gasteiger partial charge in [0.1, 0.15) is 5.82 Å². The average molecular weight is 399 g/mol. The lowest BCUT2D eigenvalue weighted by Gasteiger charge is -2.33. The highest BCUT2D eigenvalue weighted by atomic mass is 35.5. The third-order valence-corrected chi connectivity index (χ3v) is 5.20. The standard InChI is InChI=1S/C21H20ClFN4O/c22-17-11-15(8-9-18(17)23)21(28)24-16-7-4-10-27(13-16)20-12-19(25-26-20)14-5-2-1-3-6-14/h1-3,5-6,8-9,11-12,16H,4,7,10,13H2,(H,24,28)(H,25,26). The maximum absolute atomic E-state index is 13.3. The molecule has 2 aromatic carbocycles. The van der Waals surface area contributed by atoms with Crippen molar-refractivity contribution in [1.29, 1.82) is 0 Å². The van der Waals surface area contributed by atoms with Crippen LogP contribution in [0.4, 0.5) is 10.2 Å². The predicted molar refractivity (Wildman–Crippen MR) is 108 cm³/mol. The second-order valence-electron chi connectivity index (χ2n) is 6.89. The Morgan fingerprint density at radius 2 is 2.04 bits per heavy atom. The first kappa shape index (κ1) is 18.5. The molecule has 5 nitrogen and oxygen atoms in total. The fourth-order valence-corrected chi connectivity index (χ4v) is 3.63. The Bertz CT molecular complexity index is 976. The second kappa shape index (κ2) is 8.02. The summed E-state index contributed by atoms with van der Waals surface area (Å²) in [7, 11) is 0. The Labute approximate surface area is 167 Å². The highest BCUT2D eigenvalue weighted by molar-refractivity contribution is 6.31. The van der Waals surface area contributed by atoms with Crippen LogP contribution in [0.5, 0.6) is 0 Å². The Morgan fingerprint density at radius 1 is 1.21 bits per heavy atom. The smallest absolute Gasteiger partial charge is 0.251 e. The lowest BCUT2D eigenvalue weighted by molar-refractivity contribution is 0.0933. The average Bonchev–Trinajstić information content (AvgIpc) is 3.21. The third-order valence-electron chi connectivity index (χ3n) is 4.91. The molecule has 0 bridgehead atoms. The van der Waals surface area contributed by atoms with E-state index in [1.165, 1.54) is 18.2 Å². The van der Waals surface area contributed by atoms with Crippen LogP contribution in [0.2, 0.25) is 5.02 Å². The molecule has 2 N–H and O–H groups in total. The van der Waals surface area contributed by atoms with Crippen molar-refractivity contribution in [3.63, 3.8) is 0 Å². The number of aromatic amines is 1. The van der Waals surface area contributed by atoms with E-state index in [0.29, 0.717) is 12.1 Å². The van der Waals surface area contributed by atoms with Gasteiger partial charge < -0.3 is 10.2 Å². The summed E-state index contributed by atoms with van der Waals surface area (Å²) in [5.74, 6) is 0.0817. The summed E-state index contributed by atoms with van der Waals surface area (Å²) < 4.78 is 13.3. The number of H-pyrrole nitrogens is 1. The molecule has 0 saturated carbocycles. The van der Waals surface area contributed by atoms with Crippen LogP contribution in [-0.2, 0) is 0 Å². The van der Waals surface area contributed by atoms with E-state index in [1.54, 1.807) is 0 Å². The zero-order valence-electron chi connectivity index (χ0n) is 15.2. The second-order valence-corrected chi connectivity index (χ2v) is 7.30. The summed E-state index contributed by atoms with van der Waals surface area (Å²) in [5, 5.41) is 10.5. The molecule has 1 fully saturated rings. The number of piperidine rings is 1. The lowest BCUT2D eigenvalue weighted by Crippen LogP contribution is -2.48. The third kappa shape index (κ3) is 4.02. The van der Waals surface area contributed by atoms with Crippen molar-refractivity contribution in [2.75, 3.05) is 18.0 Å². The van der Waals surface area contributed by atoms with E-state index in [2.05, 4.69) is 20.4 Å². The van der Waals surface area contributed by atoms with Gasteiger partial charge in [-0.25, -0.2) is 4.39 Å². The zero-order chi connectivity index (χ0) is 19.5. The minimum atomic E-state index is -0.533. The number of rotatable bonds is 4. The molecule has 4 rings (SSSR count). The van der Waals surface area contributed by atoms with Crippen molar-refractivity contribution in [1.82, 2.24) is 15.5 Å². The largest absolute Gasteiger partial charge is 0.353 e. The van der Waals surface area contributed by atoms with Crippen molar-refractivity contribution in [2.24, 2.45) is 0 Å².